The number of ether oxygens (including phenoxy) is 1. The van der Waals surface area contributed by atoms with E-state index in [9.17, 15) is 13.2 Å². The van der Waals surface area contributed by atoms with Crippen LogP contribution >= 0.6 is 0 Å². The van der Waals surface area contributed by atoms with Crippen molar-refractivity contribution in [1.29, 1.82) is 0 Å². The van der Waals surface area contributed by atoms with E-state index in [0.717, 1.165) is 19.3 Å². The van der Waals surface area contributed by atoms with Gasteiger partial charge in [-0.05, 0) is 58.6 Å². The number of nitrogens with zero attached hydrogens (tertiary/aromatic N) is 1. The largest absolute Gasteiger partial charge is 0.444 e. The lowest BCUT2D eigenvalue weighted by molar-refractivity contribution is 0.0102. The van der Waals surface area contributed by atoms with Gasteiger partial charge in [-0.3, -0.25) is 0 Å². The van der Waals surface area contributed by atoms with Crippen molar-refractivity contribution in [1.82, 2.24) is 4.90 Å². The second kappa shape index (κ2) is 9.04. The van der Waals surface area contributed by atoms with Crippen molar-refractivity contribution in [3.63, 3.8) is 0 Å². The zero-order chi connectivity index (χ0) is 21.9. The summed E-state index contributed by atoms with van der Waals surface area (Å²) in [6, 6.07) is 8.59. The predicted molar refractivity (Wildman–Crippen MR) is 120 cm³/mol. The van der Waals surface area contributed by atoms with Crippen molar-refractivity contribution < 1.29 is 17.9 Å². The first-order chi connectivity index (χ1) is 13.3. The fourth-order valence-electron chi connectivity index (χ4n) is 3.60. The minimum absolute atomic E-state index is 0.0316. The molecule has 1 saturated heterocycles. The minimum atomic E-state index is -3.54. The highest BCUT2D eigenvalue weighted by Crippen LogP contribution is 2.30. The maximum atomic E-state index is 13.3. The van der Waals surface area contributed by atoms with Gasteiger partial charge in [-0.2, -0.15) is 0 Å². The fourth-order valence-corrected chi connectivity index (χ4v) is 8.99. The van der Waals surface area contributed by atoms with Crippen LogP contribution in [0.1, 0.15) is 46.5 Å². The summed E-state index contributed by atoms with van der Waals surface area (Å²) in [6.45, 7) is 12.4. The van der Waals surface area contributed by atoms with Crippen LogP contribution in [0.2, 0.25) is 19.6 Å². The average molecular weight is 438 g/mol. The van der Waals surface area contributed by atoms with Gasteiger partial charge in [-0.25, -0.2) is 13.2 Å². The molecule has 0 spiro atoms. The zero-order valence-electron chi connectivity index (χ0n) is 18.6. The fraction of sp³-hybridized carbons (Fsp3) is 0.591. The normalized spacial score (nSPS) is 19.2. The Morgan fingerprint density at radius 1 is 1.17 bits per heavy atom. The molecule has 0 radical (unpaired) electrons. The number of hydrogen-bond donors (Lipinski definition) is 0. The molecule has 2 rings (SSSR count). The van der Waals surface area contributed by atoms with Gasteiger partial charge < -0.3 is 9.64 Å². The van der Waals surface area contributed by atoms with E-state index in [1.165, 1.54) is 0 Å². The van der Waals surface area contributed by atoms with Gasteiger partial charge in [-0.1, -0.05) is 43.9 Å². The SMILES string of the molecule is CC(C)(C)OC(=O)N1CCCCC1C/C=C(\[Si](C)(C)C)S(=O)(=O)c1ccccc1. The molecule has 0 N–H and O–H groups in total. The molecule has 7 heteroatoms. The third-order valence-electron chi connectivity index (χ3n) is 4.91. The molecule has 5 nitrogen and oxygen atoms in total. The van der Waals surface area contributed by atoms with E-state index in [4.69, 9.17) is 4.74 Å². The van der Waals surface area contributed by atoms with Gasteiger partial charge in [-0.15, -0.1) is 0 Å². The van der Waals surface area contributed by atoms with Crippen molar-refractivity contribution in [2.75, 3.05) is 6.54 Å². The molecule has 1 unspecified atom stereocenters. The van der Waals surface area contributed by atoms with E-state index in [0.29, 0.717) is 22.4 Å². The molecular weight excluding hydrogens is 402 g/mol. The Hall–Kier alpha value is -1.60. The lowest BCUT2D eigenvalue weighted by Gasteiger charge is -2.36. The Kier molecular flexibility index (Phi) is 7.38. The minimum Gasteiger partial charge on any atom is -0.444 e. The van der Waals surface area contributed by atoms with Gasteiger partial charge in [0, 0.05) is 17.1 Å². The van der Waals surface area contributed by atoms with Crippen LogP contribution in [0, 0.1) is 0 Å². The van der Waals surface area contributed by atoms with Gasteiger partial charge in [0.25, 0.3) is 0 Å². The second-order valence-corrected chi connectivity index (χ2v) is 17.0. The first kappa shape index (κ1) is 23.7. The van der Waals surface area contributed by atoms with Crippen LogP contribution in [0.3, 0.4) is 0 Å². The van der Waals surface area contributed by atoms with E-state index in [2.05, 4.69) is 0 Å². The average Bonchev–Trinajstić information content (AvgIpc) is 2.60. The monoisotopic (exact) mass is 437 g/mol. The van der Waals surface area contributed by atoms with Crippen LogP contribution in [0.4, 0.5) is 4.79 Å². The van der Waals surface area contributed by atoms with Crippen molar-refractivity contribution in [2.24, 2.45) is 0 Å². The molecule has 1 amide bonds. The zero-order valence-corrected chi connectivity index (χ0v) is 20.4. The van der Waals surface area contributed by atoms with E-state index in [1.54, 1.807) is 29.2 Å². The van der Waals surface area contributed by atoms with Gasteiger partial charge >= 0.3 is 6.09 Å². The number of carbonyl (C=O) groups excluding carboxylic acids is 1. The van der Waals surface area contributed by atoms with Crippen LogP contribution in [-0.4, -0.2) is 45.7 Å². The Balaban J connectivity index is 2.31. The van der Waals surface area contributed by atoms with Gasteiger partial charge in [0.05, 0.1) is 13.0 Å². The standard InChI is InChI=1S/C22H35NO4SSi/c1-22(2,3)27-21(24)23-17-11-10-12-18(23)15-16-20(29(4,5)6)28(25,26)19-13-8-7-9-14-19/h7-9,13-14,16,18H,10-12,15,17H2,1-6H3/b20-16-. The first-order valence-electron chi connectivity index (χ1n) is 10.3. The third-order valence-corrected chi connectivity index (χ3v) is 10.9. The molecule has 29 heavy (non-hydrogen) atoms. The lowest BCUT2D eigenvalue weighted by Crippen LogP contribution is -2.46. The molecule has 162 valence electrons. The number of hydrogen-bond acceptors (Lipinski definition) is 4. The lowest BCUT2D eigenvalue weighted by atomic mass is 10.00. The van der Waals surface area contributed by atoms with Crippen molar-refractivity contribution in [3.05, 3.63) is 40.9 Å². The highest BCUT2D eigenvalue weighted by Gasteiger charge is 2.34. The van der Waals surface area contributed by atoms with Crippen molar-refractivity contribution >= 4 is 24.0 Å². The van der Waals surface area contributed by atoms with Crippen LogP contribution in [0.25, 0.3) is 0 Å². The van der Waals surface area contributed by atoms with Crippen LogP contribution in [-0.2, 0) is 14.6 Å². The maximum Gasteiger partial charge on any atom is 0.410 e. The summed E-state index contributed by atoms with van der Waals surface area (Å²) in [4.78, 5) is 14.8. The molecule has 0 aromatic heterocycles. The number of sulfone groups is 1. The molecular formula is C22H35NO4SSi. The molecule has 0 bridgehead atoms. The summed E-state index contributed by atoms with van der Waals surface area (Å²) in [5.41, 5.74) is -0.547. The van der Waals surface area contributed by atoms with E-state index >= 15 is 0 Å². The Labute approximate surface area is 177 Å². The van der Waals surface area contributed by atoms with Crippen LogP contribution in [0.5, 0.6) is 0 Å². The Morgan fingerprint density at radius 2 is 1.79 bits per heavy atom. The van der Waals surface area contributed by atoms with Gasteiger partial charge in [0.15, 0.2) is 9.84 Å². The van der Waals surface area contributed by atoms with E-state index in [-0.39, 0.29) is 12.1 Å². The third kappa shape index (κ3) is 6.44. The van der Waals surface area contributed by atoms with Crippen LogP contribution in [0.15, 0.2) is 45.8 Å². The molecule has 1 aromatic carbocycles. The highest BCUT2D eigenvalue weighted by atomic mass is 32.2. The first-order valence-corrected chi connectivity index (χ1v) is 15.3. The number of amides is 1. The Morgan fingerprint density at radius 3 is 2.34 bits per heavy atom. The molecule has 1 aromatic rings. The van der Waals surface area contributed by atoms with Crippen LogP contribution < -0.4 is 0 Å². The molecule has 1 aliphatic heterocycles. The number of benzene rings is 1. The summed E-state index contributed by atoms with van der Waals surface area (Å²) < 4.78 is 32.7. The summed E-state index contributed by atoms with van der Waals surface area (Å²) in [5, 5.41) is 0. The summed E-state index contributed by atoms with van der Waals surface area (Å²) in [5.74, 6) is 0. The van der Waals surface area contributed by atoms with Crippen molar-refractivity contribution in [3.8, 4) is 0 Å². The smallest absolute Gasteiger partial charge is 0.410 e. The topological polar surface area (TPSA) is 63.7 Å². The molecule has 0 aliphatic carbocycles. The predicted octanol–water partition coefficient (Wildman–Crippen LogP) is 5.40. The number of rotatable bonds is 5. The highest BCUT2D eigenvalue weighted by molar-refractivity contribution is 7.97. The molecule has 1 fully saturated rings. The second-order valence-electron chi connectivity index (χ2n) is 9.69. The number of carbonyl (C=O) groups is 1. The molecule has 1 atom stereocenters. The quantitative estimate of drug-likeness (QED) is 0.579. The molecule has 1 aliphatic rings. The van der Waals surface area contributed by atoms with Crippen molar-refractivity contribution in [2.45, 2.75) is 82.6 Å². The van der Waals surface area contributed by atoms with E-state index < -0.39 is 23.5 Å². The van der Waals surface area contributed by atoms with E-state index in [1.807, 2.05) is 52.6 Å². The van der Waals surface area contributed by atoms with Gasteiger partial charge in [0.1, 0.15) is 5.60 Å². The molecule has 0 saturated carbocycles. The summed E-state index contributed by atoms with van der Waals surface area (Å²) in [7, 11) is -5.68. The number of likely N-dealkylation sites (tertiary alicyclic amines) is 1. The summed E-state index contributed by atoms with van der Waals surface area (Å²) in [6.07, 6.45) is 4.94. The maximum absolute atomic E-state index is 13.3. The molecule has 1 heterocycles. The number of piperidine rings is 1. The Bertz CT molecular complexity index is 836. The summed E-state index contributed by atoms with van der Waals surface area (Å²) >= 11 is 0. The van der Waals surface area contributed by atoms with Gasteiger partial charge in [0.2, 0.25) is 0 Å².